The summed E-state index contributed by atoms with van der Waals surface area (Å²) >= 11 is 6.45. The number of nitrogens with one attached hydrogen (secondary N) is 3. The highest BCUT2D eigenvalue weighted by molar-refractivity contribution is 6.43. The van der Waals surface area contributed by atoms with Crippen molar-refractivity contribution in [1.82, 2.24) is 10.2 Å². The number of benzene rings is 3. The van der Waals surface area contributed by atoms with Crippen LogP contribution in [-0.2, 0) is 4.79 Å². The van der Waals surface area contributed by atoms with Crippen molar-refractivity contribution >= 4 is 35.2 Å². The SMILES string of the molecule is CNc1cc(-c2cccc(C(=O)C(=O)N[C@H](CN3CCCC3)[C@H](O)c3ccc(OC4CC4)c(Cl)c3)c2)ccc1C=N. The number of anilines is 1. The van der Waals surface area contributed by atoms with Gasteiger partial charge in [-0.05, 0) is 79.7 Å². The molecule has 41 heavy (non-hydrogen) atoms. The van der Waals surface area contributed by atoms with Gasteiger partial charge in [0.2, 0.25) is 5.78 Å². The fraction of sp³-hybridized carbons (Fsp3) is 0.344. The Morgan fingerprint density at radius 1 is 1.10 bits per heavy atom. The number of Topliss-reactive ketones (excluding diaryl/α,β-unsaturated/α-hetero) is 1. The summed E-state index contributed by atoms with van der Waals surface area (Å²) in [6, 6.07) is 17.0. The smallest absolute Gasteiger partial charge is 0.292 e. The topological polar surface area (TPSA) is 115 Å². The van der Waals surface area contributed by atoms with E-state index in [4.69, 9.17) is 21.7 Å². The molecule has 9 heteroatoms. The number of hydrogen-bond donors (Lipinski definition) is 4. The quantitative estimate of drug-likeness (QED) is 0.136. The van der Waals surface area contributed by atoms with E-state index in [9.17, 15) is 14.7 Å². The van der Waals surface area contributed by atoms with Crippen molar-refractivity contribution < 1.29 is 19.4 Å². The van der Waals surface area contributed by atoms with Gasteiger partial charge in [-0.25, -0.2) is 0 Å². The highest BCUT2D eigenvalue weighted by Gasteiger charge is 2.30. The summed E-state index contributed by atoms with van der Waals surface area (Å²) in [5, 5.41) is 25.2. The first kappa shape index (κ1) is 28.8. The van der Waals surface area contributed by atoms with Crippen molar-refractivity contribution in [3.05, 3.63) is 82.4 Å². The highest BCUT2D eigenvalue weighted by atomic mass is 35.5. The molecular weight excluding hydrogens is 540 g/mol. The third kappa shape index (κ3) is 6.96. The number of likely N-dealkylation sites (tertiary alicyclic amines) is 1. The van der Waals surface area contributed by atoms with E-state index in [2.05, 4.69) is 15.5 Å². The summed E-state index contributed by atoms with van der Waals surface area (Å²) in [6.07, 6.45) is 4.53. The lowest BCUT2D eigenvalue weighted by atomic mass is 9.98. The number of ether oxygens (including phenoxy) is 1. The van der Waals surface area contributed by atoms with E-state index in [1.807, 2.05) is 24.3 Å². The van der Waals surface area contributed by atoms with E-state index in [0.717, 1.165) is 61.2 Å². The van der Waals surface area contributed by atoms with Crippen molar-refractivity contribution in [2.24, 2.45) is 0 Å². The maximum atomic E-state index is 13.3. The number of hydrogen-bond acceptors (Lipinski definition) is 7. The number of amides is 1. The van der Waals surface area contributed by atoms with Gasteiger partial charge in [0.1, 0.15) is 11.9 Å². The van der Waals surface area contributed by atoms with E-state index < -0.39 is 23.8 Å². The lowest BCUT2D eigenvalue weighted by Crippen LogP contribution is -2.48. The van der Waals surface area contributed by atoms with Gasteiger partial charge >= 0.3 is 0 Å². The van der Waals surface area contributed by atoms with Gasteiger partial charge < -0.3 is 30.8 Å². The van der Waals surface area contributed by atoms with E-state index >= 15 is 0 Å². The minimum Gasteiger partial charge on any atom is -0.489 e. The van der Waals surface area contributed by atoms with Crippen LogP contribution < -0.4 is 15.4 Å². The van der Waals surface area contributed by atoms with Crippen LogP contribution in [-0.4, -0.2) is 66.7 Å². The predicted molar refractivity (Wildman–Crippen MR) is 161 cm³/mol. The second kappa shape index (κ2) is 12.9. The number of carbonyl (C=O) groups excluding carboxylic acids is 2. The maximum absolute atomic E-state index is 13.3. The van der Waals surface area contributed by atoms with Crippen molar-refractivity contribution in [2.45, 2.75) is 43.9 Å². The molecule has 214 valence electrons. The number of carbonyl (C=O) groups is 2. The normalized spacial score (nSPS) is 16.6. The molecule has 0 spiro atoms. The summed E-state index contributed by atoms with van der Waals surface area (Å²) in [4.78, 5) is 28.8. The molecule has 5 rings (SSSR count). The highest BCUT2D eigenvalue weighted by Crippen LogP contribution is 2.34. The molecular formula is C32H35ClN4O4. The summed E-state index contributed by atoms with van der Waals surface area (Å²) in [6.45, 7) is 2.15. The molecule has 1 aliphatic carbocycles. The number of rotatable bonds is 12. The fourth-order valence-electron chi connectivity index (χ4n) is 5.15. The zero-order valence-electron chi connectivity index (χ0n) is 23.0. The average molecular weight is 575 g/mol. The van der Waals surface area contributed by atoms with Crippen LogP contribution in [0.3, 0.4) is 0 Å². The third-order valence-electron chi connectivity index (χ3n) is 7.61. The first-order chi connectivity index (χ1) is 19.9. The van der Waals surface area contributed by atoms with Crippen molar-refractivity contribution in [2.75, 3.05) is 32.0 Å². The van der Waals surface area contributed by atoms with Crippen LogP contribution in [0, 0.1) is 5.41 Å². The predicted octanol–water partition coefficient (Wildman–Crippen LogP) is 5.08. The van der Waals surface area contributed by atoms with Crippen molar-refractivity contribution in [3.63, 3.8) is 0 Å². The standard InChI is InChI=1S/C32H35ClN4O4/c1-35-27-17-21(7-8-24(27)18-34)20-5-4-6-22(15-20)31(39)32(40)36-28(19-37-13-2-3-14-37)30(38)23-9-12-29(26(33)16-23)41-25-10-11-25/h4-9,12,15-18,25,28,30,34-35,38H,2-3,10-11,13-14,19H2,1H3,(H,36,40)/t28-,30-/m1/s1. The Balaban J connectivity index is 1.34. The Bertz CT molecular complexity index is 1430. The number of aliphatic hydroxyl groups is 1. The van der Waals surface area contributed by atoms with Crippen LogP contribution >= 0.6 is 11.6 Å². The Morgan fingerprint density at radius 3 is 2.54 bits per heavy atom. The molecule has 0 bridgehead atoms. The van der Waals surface area contributed by atoms with Crippen LogP contribution in [0.15, 0.2) is 60.7 Å². The monoisotopic (exact) mass is 574 g/mol. The van der Waals surface area contributed by atoms with Gasteiger partial charge in [0, 0.05) is 36.6 Å². The zero-order valence-corrected chi connectivity index (χ0v) is 23.8. The number of ketones is 1. The van der Waals surface area contributed by atoms with Gasteiger partial charge in [0.05, 0.1) is 17.2 Å². The molecule has 1 saturated carbocycles. The molecule has 2 fully saturated rings. The summed E-state index contributed by atoms with van der Waals surface area (Å²) in [5.74, 6) is -0.878. The number of halogens is 1. The van der Waals surface area contributed by atoms with Crippen LogP contribution in [0.4, 0.5) is 5.69 Å². The molecule has 1 heterocycles. The minimum absolute atomic E-state index is 0.196. The van der Waals surface area contributed by atoms with Gasteiger partial charge in [-0.15, -0.1) is 0 Å². The third-order valence-corrected chi connectivity index (χ3v) is 7.90. The first-order valence-electron chi connectivity index (χ1n) is 14.0. The van der Waals surface area contributed by atoms with Crippen LogP contribution in [0.2, 0.25) is 5.02 Å². The van der Waals surface area contributed by atoms with Gasteiger partial charge in [-0.3, -0.25) is 9.59 Å². The van der Waals surface area contributed by atoms with E-state index in [1.165, 1.54) is 6.21 Å². The number of aliphatic hydroxyl groups excluding tert-OH is 1. The Kier molecular flexibility index (Phi) is 9.03. The molecule has 1 amide bonds. The minimum atomic E-state index is -1.07. The largest absolute Gasteiger partial charge is 0.489 e. The van der Waals surface area contributed by atoms with E-state index in [1.54, 1.807) is 43.4 Å². The van der Waals surface area contributed by atoms with Crippen LogP contribution in [0.1, 0.15) is 53.3 Å². The molecule has 3 aromatic carbocycles. The number of nitrogens with zero attached hydrogens (tertiary/aromatic N) is 1. The summed E-state index contributed by atoms with van der Waals surface area (Å²) < 4.78 is 5.82. The van der Waals surface area contributed by atoms with Crippen LogP contribution in [0.25, 0.3) is 11.1 Å². The Hall–Kier alpha value is -3.72. The fourth-order valence-corrected chi connectivity index (χ4v) is 5.38. The lowest BCUT2D eigenvalue weighted by molar-refractivity contribution is -0.118. The van der Waals surface area contributed by atoms with Gasteiger partial charge in [0.15, 0.2) is 0 Å². The summed E-state index contributed by atoms with van der Waals surface area (Å²) in [5.41, 5.74) is 3.96. The van der Waals surface area contributed by atoms with Crippen LogP contribution in [0.5, 0.6) is 5.75 Å². The molecule has 1 aliphatic heterocycles. The molecule has 2 aliphatic rings. The van der Waals surface area contributed by atoms with E-state index in [0.29, 0.717) is 22.9 Å². The Labute approximate surface area is 245 Å². The van der Waals surface area contributed by atoms with Gasteiger partial charge in [-0.2, -0.15) is 0 Å². The van der Waals surface area contributed by atoms with E-state index in [-0.39, 0.29) is 11.7 Å². The molecule has 0 unspecified atom stereocenters. The zero-order chi connectivity index (χ0) is 28.9. The maximum Gasteiger partial charge on any atom is 0.292 e. The molecule has 3 aromatic rings. The summed E-state index contributed by atoms with van der Waals surface area (Å²) in [7, 11) is 1.79. The second-order valence-corrected chi connectivity index (χ2v) is 11.1. The molecule has 0 radical (unpaired) electrons. The molecule has 2 atom stereocenters. The van der Waals surface area contributed by atoms with Gasteiger partial charge in [-0.1, -0.05) is 48.0 Å². The lowest BCUT2D eigenvalue weighted by Gasteiger charge is -2.28. The first-order valence-corrected chi connectivity index (χ1v) is 14.4. The second-order valence-electron chi connectivity index (χ2n) is 10.6. The van der Waals surface area contributed by atoms with Gasteiger partial charge in [0.25, 0.3) is 5.91 Å². The Morgan fingerprint density at radius 2 is 1.85 bits per heavy atom. The molecule has 4 N–H and O–H groups in total. The molecule has 8 nitrogen and oxygen atoms in total. The molecule has 0 aromatic heterocycles. The average Bonchev–Trinajstić information content (AvgIpc) is 3.67. The van der Waals surface area contributed by atoms with Crippen molar-refractivity contribution in [3.8, 4) is 16.9 Å². The molecule has 1 saturated heterocycles. The van der Waals surface area contributed by atoms with Crippen molar-refractivity contribution in [1.29, 1.82) is 5.41 Å².